The molecule has 4 rings (SSSR count). The Bertz CT molecular complexity index is 1180. The molecule has 2 aromatic carbocycles. The molecule has 0 aliphatic rings. The second-order valence-corrected chi connectivity index (χ2v) is 6.27. The summed E-state index contributed by atoms with van der Waals surface area (Å²) in [6.07, 6.45) is 1.21. The van der Waals surface area contributed by atoms with Gasteiger partial charge < -0.3 is 14.7 Å². The van der Waals surface area contributed by atoms with Crippen LogP contribution in [0.5, 0.6) is 0 Å². The highest BCUT2D eigenvalue weighted by atomic mass is 16.6. The summed E-state index contributed by atoms with van der Waals surface area (Å²) in [6.45, 7) is 2.61. The van der Waals surface area contributed by atoms with Crippen LogP contribution in [-0.4, -0.2) is 30.0 Å². The van der Waals surface area contributed by atoms with Crippen molar-refractivity contribution < 1.29 is 9.72 Å². The predicted octanol–water partition coefficient (Wildman–Crippen LogP) is 3.71. The van der Waals surface area contributed by atoms with Gasteiger partial charge in [-0.1, -0.05) is 53.5 Å². The van der Waals surface area contributed by atoms with Crippen molar-refractivity contribution in [3.05, 3.63) is 76.6 Å². The van der Waals surface area contributed by atoms with Crippen molar-refractivity contribution in [2.75, 3.05) is 0 Å². The van der Waals surface area contributed by atoms with Crippen molar-refractivity contribution in [2.45, 2.75) is 20.0 Å². The van der Waals surface area contributed by atoms with Crippen LogP contribution in [-0.2, 0) is 13.1 Å². The van der Waals surface area contributed by atoms with Gasteiger partial charge in [-0.05, 0) is 23.5 Å². The topological polar surface area (TPSA) is 95.8 Å². The fourth-order valence-electron chi connectivity index (χ4n) is 3.48. The van der Waals surface area contributed by atoms with E-state index in [2.05, 4.69) is 14.6 Å². The molecule has 140 valence electrons. The molecule has 0 saturated heterocycles. The summed E-state index contributed by atoms with van der Waals surface area (Å²) in [4.78, 5) is 27.0. The Morgan fingerprint density at radius 3 is 2.50 bits per heavy atom. The molecule has 0 amide bonds. The first kappa shape index (κ1) is 17.6. The number of fused-ring (bicyclic) bond motifs is 1. The van der Waals surface area contributed by atoms with E-state index in [9.17, 15) is 14.9 Å². The van der Waals surface area contributed by atoms with E-state index in [0.29, 0.717) is 12.1 Å². The minimum Gasteiger partial charge on any atom is -0.390 e. The standard InChI is InChI=1S/C20H17N5O3/c1-2-24-16-11-7-6-10-15(16)18(19(24)14-8-4-3-5-9-14)17(26)12-23-13-21-20(22-23)25(27)28/h3-11,13H,2,12H2,1H3. The molecular weight excluding hydrogens is 358 g/mol. The zero-order chi connectivity index (χ0) is 19.7. The molecule has 28 heavy (non-hydrogen) atoms. The van der Waals surface area contributed by atoms with Crippen LogP contribution >= 0.6 is 0 Å². The fourth-order valence-corrected chi connectivity index (χ4v) is 3.48. The first-order chi connectivity index (χ1) is 13.6. The molecule has 0 unspecified atom stereocenters. The summed E-state index contributed by atoms with van der Waals surface area (Å²) >= 11 is 0. The second-order valence-electron chi connectivity index (χ2n) is 6.27. The fraction of sp³-hybridized carbons (Fsp3) is 0.150. The maximum absolute atomic E-state index is 13.3. The zero-order valence-corrected chi connectivity index (χ0v) is 15.1. The lowest BCUT2D eigenvalue weighted by Crippen LogP contribution is -2.12. The van der Waals surface area contributed by atoms with Gasteiger partial charge in [0, 0.05) is 22.5 Å². The molecular formula is C20H17N5O3. The highest BCUT2D eigenvalue weighted by Crippen LogP contribution is 2.34. The Morgan fingerprint density at radius 1 is 1.11 bits per heavy atom. The highest BCUT2D eigenvalue weighted by molar-refractivity contribution is 6.13. The maximum Gasteiger partial charge on any atom is 0.490 e. The first-order valence-electron chi connectivity index (χ1n) is 8.83. The van der Waals surface area contributed by atoms with E-state index in [1.54, 1.807) is 0 Å². The molecule has 0 fully saturated rings. The van der Waals surface area contributed by atoms with Crippen LogP contribution in [0.25, 0.3) is 22.2 Å². The van der Waals surface area contributed by atoms with Gasteiger partial charge in [0.05, 0.1) is 11.3 Å². The van der Waals surface area contributed by atoms with E-state index in [4.69, 9.17) is 0 Å². The van der Waals surface area contributed by atoms with E-state index < -0.39 is 10.9 Å². The quantitative estimate of drug-likeness (QED) is 0.291. The van der Waals surface area contributed by atoms with E-state index in [0.717, 1.165) is 22.2 Å². The highest BCUT2D eigenvalue weighted by Gasteiger charge is 2.24. The van der Waals surface area contributed by atoms with Gasteiger partial charge in [0.15, 0.2) is 5.78 Å². The number of nitro groups is 1. The number of hydrogen-bond donors (Lipinski definition) is 0. The number of hydrogen-bond acceptors (Lipinski definition) is 5. The Labute approximate surface area is 160 Å². The van der Waals surface area contributed by atoms with Gasteiger partial charge in [-0.2, -0.15) is 4.68 Å². The minimum absolute atomic E-state index is 0.127. The van der Waals surface area contributed by atoms with Crippen LogP contribution < -0.4 is 0 Å². The van der Waals surface area contributed by atoms with Crippen molar-refractivity contribution in [1.29, 1.82) is 0 Å². The second kappa shape index (κ2) is 7.07. The smallest absolute Gasteiger partial charge is 0.390 e. The van der Waals surface area contributed by atoms with Gasteiger partial charge in [-0.3, -0.25) is 4.79 Å². The number of para-hydroxylation sites is 1. The molecule has 2 heterocycles. The van der Waals surface area contributed by atoms with Crippen LogP contribution in [0.2, 0.25) is 0 Å². The van der Waals surface area contributed by atoms with Crippen LogP contribution in [0.4, 0.5) is 5.95 Å². The van der Waals surface area contributed by atoms with Gasteiger partial charge in [-0.25, -0.2) is 0 Å². The SMILES string of the molecule is CCn1c(-c2ccccc2)c(C(=O)Cn2cnc([N+](=O)[O-])n2)c2ccccc21. The lowest BCUT2D eigenvalue weighted by Gasteiger charge is -2.10. The number of benzene rings is 2. The third kappa shape index (κ3) is 2.94. The number of carbonyl (C=O) groups excluding carboxylic acids is 1. The summed E-state index contributed by atoms with van der Waals surface area (Å²) in [6, 6.07) is 17.5. The molecule has 0 spiro atoms. The summed E-state index contributed by atoms with van der Waals surface area (Å²) in [5.74, 6) is -0.700. The summed E-state index contributed by atoms with van der Waals surface area (Å²) in [7, 11) is 0. The number of aryl methyl sites for hydroxylation is 1. The van der Waals surface area contributed by atoms with Gasteiger partial charge in [-0.15, -0.1) is 0 Å². The Morgan fingerprint density at radius 2 is 1.82 bits per heavy atom. The molecule has 4 aromatic rings. The molecule has 2 aromatic heterocycles. The Kier molecular flexibility index (Phi) is 4.44. The van der Waals surface area contributed by atoms with Crippen molar-refractivity contribution in [2.24, 2.45) is 0 Å². The number of Topliss-reactive ketones (excluding diaryl/α,β-unsaturated/α-hetero) is 1. The van der Waals surface area contributed by atoms with Crippen LogP contribution in [0.1, 0.15) is 17.3 Å². The van der Waals surface area contributed by atoms with Crippen molar-refractivity contribution in [1.82, 2.24) is 19.3 Å². The predicted molar refractivity (Wildman–Crippen MR) is 104 cm³/mol. The molecule has 0 aliphatic carbocycles. The molecule has 0 bridgehead atoms. The van der Waals surface area contributed by atoms with Crippen LogP contribution in [0.15, 0.2) is 60.9 Å². The average Bonchev–Trinajstić information content (AvgIpc) is 3.31. The summed E-state index contributed by atoms with van der Waals surface area (Å²) in [5, 5.41) is 15.4. The van der Waals surface area contributed by atoms with Gasteiger partial charge >= 0.3 is 5.95 Å². The molecule has 0 N–H and O–H groups in total. The molecule has 0 saturated carbocycles. The third-order valence-electron chi connectivity index (χ3n) is 4.61. The first-order valence-corrected chi connectivity index (χ1v) is 8.83. The van der Waals surface area contributed by atoms with Crippen LogP contribution in [0, 0.1) is 10.1 Å². The lowest BCUT2D eigenvalue weighted by atomic mass is 10.0. The minimum atomic E-state index is -0.681. The Balaban J connectivity index is 1.87. The maximum atomic E-state index is 13.3. The number of ketones is 1. The molecule has 8 nitrogen and oxygen atoms in total. The van der Waals surface area contributed by atoms with E-state index in [-0.39, 0.29) is 12.3 Å². The number of nitrogens with zero attached hydrogens (tertiary/aromatic N) is 5. The van der Waals surface area contributed by atoms with E-state index in [1.807, 2.05) is 61.5 Å². The number of rotatable bonds is 6. The third-order valence-corrected chi connectivity index (χ3v) is 4.61. The number of carbonyl (C=O) groups is 1. The number of aromatic nitrogens is 4. The summed E-state index contributed by atoms with van der Waals surface area (Å²) in [5.41, 5.74) is 3.33. The van der Waals surface area contributed by atoms with Crippen LogP contribution in [0.3, 0.4) is 0 Å². The van der Waals surface area contributed by atoms with Gasteiger partial charge in [0.1, 0.15) is 6.54 Å². The average molecular weight is 375 g/mol. The largest absolute Gasteiger partial charge is 0.490 e. The van der Waals surface area contributed by atoms with Gasteiger partial charge in [0.25, 0.3) is 0 Å². The van der Waals surface area contributed by atoms with Crippen molar-refractivity contribution in [3.8, 4) is 11.3 Å². The van der Waals surface area contributed by atoms with Crippen molar-refractivity contribution >= 4 is 22.6 Å². The van der Waals surface area contributed by atoms with E-state index in [1.165, 1.54) is 11.0 Å². The lowest BCUT2D eigenvalue weighted by molar-refractivity contribution is -0.394. The van der Waals surface area contributed by atoms with Crippen molar-refractivity contribution in [3.63, 3.8) is 0 Å². The molecule has 0 aliphatic heterocycles. The monoisotopic (exact) mass is 375 g/mol. The molecule has 8 heteroatoms. The normalized spacial score (nSPS) is 11.0. The Hall–Kier alpha value is -3.81. The zero-order valence-electron chi connectivity index (χ0n) is 15.1. The summed E-state index contributed by atoms with van der Waals surface area (Å²) < 4.78 is 3.31. The molecule has 0 radical (unpaired) electrons. The van der Waals surface area contributed by atoms with Gasteiger partial charge in [0.2, 0.25) is 6.33 Å². The van der Waals surface area contributed by atoms with E-state index >= 15 is 0 Å². The molecule has 0 atom stereocenters.